The average molecular weight is 352 g/mol. The first kappa shape index (κ1) is 16.2. The number of likely N-dealkylation sites (tertiary alicyclic amines) is 1. The molecule has 0 aliphatic carbocycles. The first-order valence-electron chi connectivity index (χ1n) is 7.75. The van der Waals surface area contributed by atoms with Gasteiger partial charge < -0.3 is 10.2 Å². The summed E-state index contributed by atoms with van der Waals surface area (Å²) >= 11 is 3.43. The molecular formula is C17H24BrN2O+. The zero-order valence-electron chi connectivity index (χ0n) is 12.6. The lowest BCUT2D eigenvalue weighted by molar-refractivity contribution is -0.905. The minimum Gasteiger partial charge on any atom is -0.349 e. The molecule has 2 N–H and O–H groups in total. The van der Waals surface area contributed by atoms with Gasteiger partial charge in [0.1, 0.15) is 0 Å². The largest absolute Gasteiger partial charge is 0.349 e. The summed E-state index contributed by atoms with van der Waals surface area (Å²) in [5, 5.41) is 3.12. The molecule has 0 saturated carbocycles. The highest BCUT2D eigenvalue weighted by atomic mass is 79.9. The van der Waals surface area contributed by atoms with Crippen LogP contribution in [0.2, 0.25) is 0 Å². The van der Waals surface area contributed by atoms with Crippen LogP contribution in [0.4, 0.5) is 0 Å². The lowest BCUT2D eigenvalue weighted by Gasteiger charge is -2.29. The molecule has 1 aromatic rings. The Morgan fingerprint density at radius 2 is 2.19 bits per heavy atom. The van der Waals surface area contributed by atoms with Crippen LogP contribution >= 0.6 is 15.9 Å². The Labute approximate surface area is 135 Å². The molecule has 1 aromatic carbocycles. The van der Waals surface area contributed by atoms with Crippen LogP contribution in [0.5, 0.6) is 0 Å². The minimum atomic E-state index is 0.0129. The number of hydrogen-bond donors (Lipinski definition) is 2. The minimum absolute atomic E-state index is 0.0129. The first-order valence-corrected chi connectivity index (χ1v) is 8.54. The van der Waals surface area contributed by atoms with E-state index in [0.717, 1.165) is 22.9 Å². The zero-order chi connectivity index (χ0) is 15.1. The lowest BCUT2D eigenvalue weighted by Crippen LogP contribution is -3.13. The van der Waals surface area contributed by atoms with Crippen molar-refractivity contribution in [3.05, 3.63) is 40.4 Å². The summed E-state index contributed by atoms with van der Waals surface area (Å²) in [6.45, 7) is 5.83. The number of piperidine rings is 1. The number of nitrogens with one attached hydrogen (secondary N) is 2. The lowest BCUT2D eigenvalue weighted by atomic mass is 10.0. The van der Waals surface area contributed by atoms with Crippen molar-refractivity contribution in [2.75, 3.05) is 19.6 Å². The van der Waals surface area contributed by atoms with Crippen molar-refractivity contribution in [2.45, 2.75) is 32.2 Å². The summed E-state index contributed by atoms with van der Waals surface area (Å²) in [5.41, 5.74) is 1.03. The molecule has 0 bridgehead atoms. The van der Waals surface area contributed by atoms with Gasteiger partial charge in [0.25, 0.3) is 0 Å². The Kier molecular flexibility index (Phi) is 6.46. The standard InChI is InChI=1S/C17H23BrN2O/c1-2-10-20-11-8-16(9-12-20)19-17(21)7-6-14-4-3-5-15(18)13-14/h3-7,13,16H,2,8-12H2,1H3,(H,19,21)/p+1/b7-6+. The van der Waals surface area contributed by atoms with Gasteiger partial charge in [-0.2, -0.15) is 0 Å². The molecule has 2 rings (SSSR count). The predicted molar refractivity (Wildman–Crippen MR) is 90.2 cm³/mol. The van der Waals surface area contributed by atoms with Crippen LogP contribution in [0.3, 0.4) is 0 Å². The molecule has 0 atom stereocenters. The van der Waals surface area contributed by atoms with Crippen molar-refractivity contribution in [2.24, 2.45) is 0 Å². The van der Waals surface area contributed by atoms with Crippen molar-refractivity contribution >= 4 is 27.9 Å². The molecule has 1 aliphatic heterocycles. The van der Waals surface area contributed by atoms with E-state index in [2.05, 4.69) is 28.2 Å². The molecule has 1 amide bonds. The van der Waals surface area contributed by atoms with Crippen molar-refractivity contribution in [3.8, 4) is 0 Å². The maximum Gasteiger partial charge on any atom is 0.244 e. The predicted octanol–water partition coefficient (Wildman–Crippen LogP) is 2.04. The number of quaternary nitrogens is 1. The third-order valence-electron chi connectivity index (χ3n) is 3.92. The monoisotopic (exact) mass is 351 g/mol. The van der Waals surface area contributed by atoms with E-state index in [-0.39, 0.29) is 5.91 Å². The van der Waals surface area contributed by atoms with Crippen molar-refractivity contribution < 1.29 is 9.69 Å². The van der Waals surface area contributed by atoms with Gasteiger partial charge in [0.05, 0.1) is 19.6 Å². The van der Waals surface area contributed by atoms with Crippen LogP contribution in [0, 0.1) is 0 Å². The molecule has 0 radical (unpaired) electrons. The van der Waals surface area contributed by atoms with Crippen LogP contribution < -0.4 is 10.2 Å². The van der Waals surface area contributed by atoms with Gasteiger partial charge in [0.15, 0.2) is 0 Å². The molecular weight excluding hydrogens is 328 g/mol. The zero-order valence-corrected chi connectivity index (χ0v) is 14.2. The van der Waals surface area contributed by atoms with Gasteiger partial charge in [-0.1, -0.05) is 35.0 Å². The molecule has 114 valence electrons. The van der Waals surface area contributed by atoms with Gasteiger partial charge in [0, 0.05) is 29.4 Å². The van der Waals surface area contributed by atoms with Gasteiger partial charge in [-0.3, -0.25) is 4.79 Å². The number of halogens is 1. The van der Waals surface area contributed by atoms with E-state index in [4.69, 9.17) is 0 Å². The summed E-state index contributed by atoms with van der Waals surface area (Å²) < 4.78 is 1.02. The molecule has 0 unspecified atom stereocenters. The first-order chi connectivity index (χ1) is 10.2. The summed E-state index contributed by atoms with van der Waals surface area (Å²) in [7, 11) is 0. The molecule has 1 heterocycles. The van der Waals surface area contributed by atoms with E-state index < -0.39 is 0 Å². The highest BCUT2D eigenvalue weighted by Gasteiger charge is 2.21. The number of carbonyl (C=O) groups is 1. The van der Waals surface area contributed by atoms with E-state index in [9.17, 15) is 4.79 Å². The van der Waals surface area contributed by atoms with Crippen LogP contribution in [0.15, 0.2) is 34.8 Å². The van der Waals surface area contributed by atoms with Crippen LogP contribution in [-0.2, 0) is 4.79 Å². The van der Waals surface area contributed by atoms with Crippen molar-refractivity contribution in [1.29, 1.82) is 0 Å². The maximum absolute atomic E-state index is 12.0. The fourth-order valence-corrected chi connectivity index (χ4v) is 3.22. The van der Waals surface area contributed by atoms with E-state index in [0.29, 0.717) is 6.04 Å². The maximum atomic E-state index is 12.0. The quantitative estimate of drug-likeness (QED) is 0.782. The summed E-state index contributed by atoms with van der Waals surface area (Å²) in [6, 6.07) is 8.26. The molecule has 4 heteroatoms. The van der Waals surface area contributed by atoms with Gasteiger partial charge in [-0.05, 0) is 30.2 Å². The van der Waals surface area contributed by atoms with Crippen LogP contribution in [0.1, 0.15) is 31.7 Å². The third kappa shape index (κ3) is 5.64. The molecule has 0 aromatic heterocycles. The number of amides is 1. The number of hydrogen-bond acceptors (Lipinski definition) is 1. The van der Waals surface area contributed by atoms with Crippen molar-refractivity contribution in [1.82, 2.24) is 5.32 Å². The normalized spacial score (nSPS) is 22.4. The van der Waals surface area contributed by atoms with Gasteiger partial charge in [-0.25, -0.2) is 0 Å². The van der Waals surface area contributed by atoms with E-state index in [1.807, 2.05) is 30.3 Å². The summed E-state index contributed by atoms with van der Waals surface area (Å²) in [4.78, 5) is 13.6. The molecule has 1 saturated heterocycles. The third-order valence-corrected chi connectivity index (χ3v) is 4.41. The van der Waals surface area contributed by atoms with Gasteiger partial charge in [0.2, 0.25) is 5.91 Å². The molecule has 21 heavy (non-hydrogen) atoms. The molecule has 0 spiro atoms. The Morgan fingerprint density at radius 3 is 2.86 bits per heavy atom. The second-order valence-corrected chi connectivity index (χ2v) is 6.59. The summed E-state index contributed by atoms with van der Waals surface area (Å²) in [6.07, 6.45) is 6.91. The van der Waals surface area contributed by atoms with E-state index in [1.165, 1.54) is 26.1 Å². The Morgan fingerprint density at radius 1 is 1.43 bits per heavy atom. The van der Waals surface area contributed by atoms with Crippen molar-refractivity contribution in [3.63, 3.8) is 0 Å². The van der Waals surface area contributed by atoms with Gasteiger partial charge in [-0.15, -0.1) is 0 Å². The van der Waals surface area contributed by atoms with Gasteiger partial charge >= 0.3 is 0 Å². The topological polar surface area (TPSA) is 33.5 Å². The van der Waals surface area contributed by atoms with Crippen LogP contribution in [-0.4, -0.2) is 31.6 Å². The second-order valence-electron chi connectivity index (χ2n) is 5.67. The number of benzene rings is 1. The van der Waals surface area contributed by atoms with E-state index >= 15 is 0 Å². The van der Waals surface area contributed by atoms with Crippen LogP contribution in [0.25, 0.3) is 6.08 Å². The highest BCUT2D eigenvalue weighted by Crippen LogP contribution is 2.12. The Hall–Kier alpha value is -1.13. The SMILES string of the molecule is CCC[NH+]1CCC(NC(=O)/C=C/c2cccc(Br)c2)CC1. The highest BCUT2D eigenvalue weighted by molar-refractivity contribution is 9.10. The Bertz CT molecular complexity index is 493. The number of rotatable bonds is 5. The second kappa shape index (κ2) is 8.35. The smallest absolute Gasteiger partial charge is 0.244 e. The Balaban J connectivity index is 1.77. The number of carbonyl (C=O) groups excluding carboxylic acids is 1. The fourth-order valence-electron chi connectivity index (χ4n) is 2.81. The molecule has 1 fully saturated rings. The molecule has 1 aliphatic rings. The molecule has 3 nitrogen and oxygen atoms in total. The fraction of sp³-hybridized carbons (Fsp3) is 0.471. The average Bonchev–Trinajstić information content (AvgIpc) is 2.48. The summed E-state index contributed by atoms with van der Waals surface area (Å²) in [5.74, 6) is 0.0129. The van der Waals surface area contributed by atoms with E-state index in [1.54, 1.807) is 11.0 Å².